The fourth-order valence-corrected chi connectivity index (χ4v) is 7.19. The van der Waals surface area contributed by atoms with Gasteiger partial charge in [0.1, 0.15) is 39.1 Å². The molecule has 6 heteroatoms. The Morgan fingerprint density at radius 2 is 0.820 bits per heavy atom. The quantitative estimate of drug-likeness (QED) is 0.137. The molecule has 4 aromatic carbocycles. The van der Waals surface area contributed by atoms with Crippen LogP contribution in [0.15, 0.2) is 60.7 Å². The standard InChI is InChI=1S/C44H52O4Si2/c1-9-19-47-43-33-13-11-14-34(43)28-38-24-32(18-22-50(6,7)8)26-40(42(38)46)30-36-16-12-15-35(44(36)48-20-10-2)29-39-25-31(17-21-49(3,4)5)23-37(27-33)41(39)45/h11-16,23-26,45-46H,9-10,19-20,27-30H2,1-8H3. The Kier molecular flexibility index (Phi) is 11.6. The second-order valence-electron chi connectivity index (χ2n) is 15.5. The van der Waals surface area contributed by atoms with Crippen LogP contribution in [0.1, 0.15) is 82.3 Å². The zero-order chi connectivity index (χ0) is 36.1. The summed E-state index contributed by atoms with van der Waals surface area (Å²) in [5, 5.41) is 23.8. The van der Waals surface area contributed by atoms with Crippen molar-refractivity contribution in [2.45, 2.75) is 91.7 Å². The average Bonchev–Trinajstić information content (AvgIpc) is 3.05. The lowest BCUT2D eigenvalue weighted by atomic mass is 9.90. The molecule has 0 amide bonds. The minimum Gasteiger partial charge on any atom is -0.507 e. The molecule has 0 atom stereocenters. The van der Waals surface area contributed by atoms with Crippen LogP contribution in [0.2, 0.25) is 39.3 Å². The summed E-state index contributed by atoms with van der Waals surface area (Å²) in [6.07, 6.45) is 3.64. The Hall–Kier alpha value is -4.37. The van der Waals surface area contributed by atoms with Crippen LogP contribution in [0.25, 0.3) is 0 Å². The number of ether oxygens (including phenoxy) is 2. The highest BCUT2D eigenvalue weighted by molar-refractivity contribution is 6.84. The number of phenolic OH excluding ortho intramolecular Hbond substituents is 2. The summed E-state index contributed by atoms with van der Waals surface area (Å²) < 4.78 is 13.0. The van der Waals surface area contributed by atoms with Gasteiger partial charge < -0.3 is 19.7 Å². The molecular formula is C44H52O4Si2. The topological polar surface area (TPSA) is 58.9 Å². The first-order valence-electron chi connectivity index (χ1n) is 18.0. The Balaban J connectivity index is 1.80. The minimum absolute atomic E-state index is 0.280. The van der Waals surface area contributed by atoms with E-state index in [1.807, 2.05) is 36.4 Å². The monoisotopic (exact) mass is 700 g/mol. The molecule has 4 aromatic rings. The van der Waals surface area contributed by atoms with Crippen LogP contribution in [-0.2, 0) is 25.7 Å². The molecular weight excluding hydrogens is 649 g/mol. The van der Waals surface area contributed by atoms with E-state index in [1.54, 1.807) is 0 Å². The highest BCUT2D eigenvalue weighted by Crippen LogP contribution is 2.39. The molecule has 0 aliphatic heterocycles. The summed E-state index contributed by atoms with van der Waals surface area (Å²) in [4.78, 5) is 0. The third-order valence-electron chi connectivity index (χ3n) is 8.48. The maximum absolute atomic E-state index is 11.9. The van der Waals surface area contributed by atoms with Gasteiger partial charge in [-0.25, -0.2) is 0 Å². The highest BCUT2D eigenvalue weighted by Gasteiger charge is 2.22. The van der Waals surface area contributed by atoms with Gasteiger partial charge in [0.2, 0.25) is 0 Å². The molecule has 2 N–H and O–H groups in total. The van der Waals surface area contributed by atoms with Crippen LogP contribution in [0.3, 0.4) is 0 Å². The fourth-order valence-electron chi connectivity index (χ4n) is 6.16. The van der Waals surface area contributed by atoms with Gasteiger partial charge in [0.05, 0.1) is 13.2 Å². The molecule has 1 aliphatic rings. The number of phenols is 2. The van der Waals surface area contributed by atoms with Crippen LogP contribution in [0.4, 0.5) is 0 Å². The second kappa shape index (κ2) is 15.7. The van der Waals surface area contributed by atoms with Crippen molar-refractivity contribution in [1.82, 2.24) is 0 Å². The van der Waals surface area contributed by atoms with Crippen molar-refractivity contribution in [3.05, 3.63) is 116 Å². The van der Waals surface area contributed by atoms with Crippen LogP contribution in [0, 0.1) is 22.9 Å². The van der Waals surface area contributed by atoms with E-state index in [0.29, 0.717) is 38.9 Å². The maximum Gasteiger partial charge on any atom is 0.129 e. The van der Waals surface area contributed by atoms with Gasteiger partial charge in [-0.2, -0.15) is 0 Å². The van der Waals surface area contributed by atoms with Crippen molar-refractivity contribution in [3.63, 3.8) is 0 Å². The Morgan fingerprint density at radius 1 is 0.520 bits per heavy atom. The summed E-state index contributed by atoms with van der Waals surface area (Å²) in [6.45, 7) is 18.8. The number of hydrogen-bond acceptors (Lipinski definition) is 4. The summed E-state index contributed by atoms with van der Waals surface area (Å²) in [5.74, 6) is 9.10. The summed E-state index contributed by atoms with van der Waals surface area (Å²) >= 11 is 0. The van der Waals surface area contributed by atoms with Gasteiger partial charge >= 0.3 is 0 Å². The third-order valence-corrected chi connectivity index (χ3v) is 10.2. The Labute approximate surface area is 301 Å². The maximum atomic E-state index is 11.9. The first kappa shape index (κ1) is 36.9. The van der Waals surface area contributed by atoms with Crippen molar-refractivity contribution in [2.75, 3.05) is 13.2 Å². The third kappa shape index (κ3) is 9.45. The lowest BCUT2D eigenvalue weighted by molar-refractivity contribution is 0.311. The van der Waals surface area contributed by atoms with Gasteiger partial charge in [-0.3, -0.25) is 0 Å². The Morgan fingerprint density at radius 3 is 1.08 bits per heavy atom. The molecule has 260 valence electrons. The van der Waals surface area contributed by atoms with Crippen molar-refractivity contribution in [2.24, 2.45) is 0 Å². The van der Waals surface area contributed by atoms with Gasteiger partial charge in [-0.1, -0.05) is 101 Å². The van der Waals surface area contributed by atoms with E-state index in [0.717, 1.165) is 80.0 Å². The average molecular weight is 701 g/mol. The van der Waals surface area contributed by atoms with Crippen LogP contribution in [0.5, 0.6) is 23.0 Å². The zero-order valence-corrected chi connectivity index (χ0v) is 33.1. The van der Waals surface area contributed by atoms with E-state index in [1.165, 1.54) is 0 Å². The number of aromatic hydroxyl groups is 2. The van der Waals surface area contributed by atoms with Gasteiger partial charge in [-0.15, -0.1) is 11.1 Å². The normalized spacial score (nSPS) is 12.6. The smallest absolute Gasteiger partial charge is 0.129 e. The SMILES string of the molecule is CCCOc1c2cccc1Cc1cc(C#C[Si](C)(C)C)cc(c1O)Cc1cccc(c1OCCC)Cc1cc(C#C[Si](C)(C)C)cc(c1O)C2. The van der Waals surface area contributed by atoms with Gasteiger partial charge in [0.25, 0.3) is 0 Å². The summed E-state index contributed by atoms with van der Waals surface area (Å²) in [7, 11) is -3.30. The molecule has 0 saturated carbocycles. The van der Waals surface area contributed by atoms with E-state index in [9.17, 15) is 10.2 Å². The molecule has 0 saturated heterocycles. The van der Waals surface area contributed by atoms with E-state index in [4.69, 9.17) is 9.47 Å². The van der Waals surface area contributed by atoms with Crippen LogP contribution >= 0.6 is 0 Å². The zero-order valence-electron chi connectivity index (χ0n) is 31.1. The summed E-state index contributed by atoms with van der Waals surface area (Å²) in [6, 6.07) is 20.6. The molecule has 5 rings (SSSR count). The van der Waals surface area contributed by atoms with Gasteiger partial charge in [0.15, 0.2) is 0 Å². The number of rotatable bonds is 6. The second-order valence-corrected chi connectivity index (χ2v) is 25.0. The van der Waals surface area contributed by atoms with Gasteiger partial charge in [-0.05, 0) is 81.6 Å². The van der Waals surface area contributed by atoms with Crippen LogP contribution in [-0.4, -0.2) is 39.6 Å². The first-order valence-corrected chi connectivity index (χ1v) is 25.0. The largest absolute Gasteiger partial charge is 0.507 e. The Bertz CT molecular complexity index is 1760. The minimum atomic E-state index is -1.65. The molecule has 0 unspecified atom stereocenters. The molecule has 0 aromatic heterocycles. The summed E-state index contributed by atoms with van der Waals surface area (Å²) in [5.41, 5.74) is 16.1. The van der Waals surface area contributed by atoms with E-state index in [2.05, 4.69) is 100 Å². The molecule has 50 heavy (non-hydrogen) atoms. The molecule has 0 spiro atoms. The lowest BCUT2D eigenvalue weighted by Gasteiger charge is -2.21. The molecule has 0 radical (unpaired) electrons. The molecule has 8 bridgehead atoms. The van der Waals surface area contributed by atoms with E-state index < -0.39 is 16.1 Å². The molecule has 0 heterocycles. The number of benzene rings is 4. The highest BCUT2D eigenvalue weighted by atomic mass is 28.3. The van der Waals surface area contributed by atoms with E-state index >= 15 is 0 Å². The fraction of sp³-hybridized carbons (Fsp3) is 0.364. The number of hydrogen-bond donors (Lipinski definition) is 2. The molecule has 1 aliphatic carbocycles. The number of fused-ring (bicyclic) bond motifs is 8. The van der Waals surface area contributed by atoms with Crippen molar-refractivity contribution in [3.8, 4) is 45.9 Å². The lowest BCUT2D eigenvalue weighted by Crippen LogP contribution is -2.16. The predicted molar refractivity (Wildman–Crippen MR) is 212 cm³/mol. The van der Waals surface area contributed by atoms with Gasteiger partial charge in [0, 0.05) is 36.8 Å². The van der Waals surface area contributed by atoms with Crippen LogP contribution < -0.4 is 9.47 Å². The van der Waals surface area contributed by atoms with Crippen molar-refractivity contribution < 1.29 is 19.7 Å². The molecule has 4 nitrogen and oxygen atoms in total. The molecule has 0 fully saturated rings. The van der Waals surface area contributed by atoms with E-state index in [-0.39, 0.29) is 11.5 Å². The van der Waals surface area contributed by atoms with Crippen molar-refractivity contribution in [1.29, 1.82) is 0 Å². The number of para-hydroxylation sites is 2. The first-order chi connectivity index (χ1) is 23.7. The predicted octanol–water partition coefficient (Wildman–Crippen LogP) is 9.81. The van der Waals surface area contributed by atoms with Crippen molar-refractivity contribution >= 4 is 16.1 Å².